The van der Waals surface area contributed by atoms with Crippen LogP contribution >= 0.6 is 0 Å². The largest absolute Gasteiger partial charge is 0.497 e. The third-order valence-corrected chi connectivity index (χ3v) is 5.39. The van der Waals surface area contributed by atoms with Crippen molar-refractivity contribution >= 4 is 11.8 Å². The molecule has 0 spiro atoms. The van der Waals surface area contributed by atoms with Crippen molar-refractivity contribution in [3.05, 3.63) is 102 Å². The Bertz CT molecular complexity index is 1020. The van der Waals surface area contributed by atoms with Gasteiger partial charge in [0.2, 0.25) is 11.8 Å². The summed E-state index contributed by atoms with van der Waals surface area (Å²) in [7, 11) is 1.62. The smallest absolute Gasteiger partial charge is 0.247 e. The first-order valence-corrected chi connectivity index (χ1v) is 11.3. The lowest BCUT2D eigenvalue weighted by Crippen LogP contribution is -2.44. The predicted octanol–water partition coefficient (Wildman–Crippen LogP) is 4.78. The van der Waals surface area contributed by atoms with Crippen LogP contribution in [0.15, 0.2) is 84.9 Å². The van der Waals surface area contributed by atoms with Gasteiger partial charge in [-0.15, -0.1) is 0 Å². The first-order valence-electron chi connectivity index (χ1n) is 11.3. The molecule has 0 aliphatic rings. The van der Waals surface area contributed by atoms with Gasteiger partial charge >= 0.3 is 0 Å². The molecule has 5 heteroatoms. The number of hydrogen-bond donors (Lipinski definition) is 1. The van der Waals surface area contributed by atoms with Gasteiger partial charge in [0, 0.05) is 13.1 Å². The van der Waals surface area contributed by atoms with E-state index < -0.39 is 6.04 Å². The normalized spacial score (nSPS) is 11.6. The van der Waals surface area contributed by atoms with Gasteiger partial charge in [-0.2, -0.15) is 0 Å². The molecule has 0 aliphatic carbocycles. The summed E-state index contributed by atoms with van der Waals surface area (Å²) in [5.41, 5.74) is 2.63. The Balaban J connectivity index is 1.97. The lowest BCUT2D eigenvalue weighted by Gasteiger charge is -2.32. The Morgan fingerprint density at radius 1 is 0.848 bits per heavy atom. The summed E-state index contributed by atoms with van der Waals surface area (Å²) in [6, 6.07) is 26.0. The topological polar surface area (TPSA) is 58.6 Å². The highest BCUT2D eigenvalue weighted by molar-refractivity contribution is 5.89. The Hall–Kier alpha value is -3.60. The van der Waals surface area contributed by atoms with Gasteiger partial charge in [-0.05, 0) is 34.7 Å². The summed E-state index contributed by atoms with van der Waals surface area (Å²) in [6.45, 7) is 4.96. The quantitative estimate of drug-likeness (QED) is 0.490. The number of benzene rings is 3. The zero-order chi connectivity index (χ0) is 23.6. The number of carbonyl (C=O) groups is 2. The number of hydrogen-bond acceptors (Lipinski definition) is 3. The van der Waals surface area contributed by atoms with Gasteiger partial charge in [-0.25, -0.2) is 0 Å². The van der Waals surface area contributed by atoms with Gasteiger partial charge in [0.1, 0.15) is 11.8 Å². The molecule has 3 aromatic carbocycles. The fraction of sp³-hybridized carbons (Fsp3) is 0.286. The Kier molecular flexibility index (Phi) is 8.64. The molecule has 0 aromatic heterocycles. The second-order valence-corrected chi connectivity index (χ2v) is 8.48. The van der Waals surface area contributed by atoms with E-state index in [1.165, 1.54) is 0 Å². The highest BCUT2D eigenvalue weighted by Gasteiger charge is 2.31. The maximum atomic E-state index is 13.6. The van der Waals surface area contributed by atoms with E-state index in [2.05, 4.69) is 5.32 Å². The Morgan fingerprint density at radius 2 is 1.45 bits per heavy atom. The van der Waals surface area contributed by atoms with Crippen LogP contribution in [0.1, 0.15) is 36.6 Å². The zero-order valence-electron chi connectivity index (χ0n) is 19.5. The van der Waals surface area contributed by atoms with Crippen LogP contribution in [0.5, 0.6) is 5.75 Å². The SMILES string of the molecule is COc1ccc(CN(C(=O)Cc2ccccc2)C(C(=O)NCC(C)C)c2ccccc2)cc1. The molecule has 1 unspecified atom stereocenters. The minimum absolute atomic E-state index is 0.106. The number of methoxy groups -OCH3 is 1. The maximum absolute atomic E-state index is 13.6. The van der Waals surface area contributed by atoms with Crippen LogP contribution < -0.4 is 10.1 Å². The fourth-order valence-electron chi connectivity index (χ4n) is 3.63. The number of carbonyl (C=O) groups excluding carboxylic acids is 2. The van der Waals surface area contributed by atoms with Gasteiger partial charge in [-0.1, -0.05) is 86.6 Å². The molecule has 0 bridgehead atoms. The lowest BCUT2D eigenvalue weighted by molar-refractivity contribution is -0.141. The number of amides is 2. The molecule has 3 aromatic rings. The van der Waals surface area contributed by atoms with Crippen LogP contribution in [0.25, 0.3) is 0 Å². The summed E-state index contributed by atoms with van der Waals surface area (Å²) in [5.74, 6) is 0.769. The molecule has 172 valence electrons. The van der Waals surface area contributed by atoms with Crippen LogP contribution in [0, 0.1) is 5.92 Å². The van der Waals surface area contributed by atoms with Crippen LogP contribution in [0.3, 0.4) is 0 Å². The third-order valence-electron chi connectivity index (χ3n) is 5.39. The first-order chi connectivity index (χ1) is 16.0. The Labute approximate surface area is 196 Å². The Morgan fingerprint density at radius 3 is 2.03 bits per heavy atom. The van der Waals surface area contributed by atoms with Crippen molar-refractivity contribution in [3.8, 4) is 5.75 Å². The summed E-state index contributed by atoms with van der Waals surface area (Å²) in [6.07, 6.45) is 0.220. The average molecular weight is 445 g/mol. The monoisotopic (exact) mass is 444 g/mol. The number of rotatable bonds is 10. The summed E-state index contributed by atoms with van der Waals surface area (Å²) in [4.78, 5) is 28.7. The van der Waals surface area contributed by atoms with Crippen LogP contribution in [-0.4, -0.2) is 30.4 Å². The molecule has 0 heterocycles. The molecule has 0 aliphatic heterocycles. The van der Waals surface area contributed by atoms with Crippen LogP contribution in [-0.2, 0) is 22.6 Å². The second-order valence-electron chi connectivity index (χ2n) is 8.48. The predicted molar refractivity (Wildman–Crippen MR) is 131 cm³/mol. The molecule has 0 saturated heterocycles. The van der Waals surface area contributed by atoms with Crippen LogP contribution in [0.4, 0.5) is 0 Å². The van der Waals surface area contributed by atoms with E-state index in [9.17, 15) is 9.59 Å². The van der Waals surface area contributed by atoms with E-state index in [-0.39, 0.29) is 18.2 Å². The number of nitrogens with zero attached hydrogens (tertiary/aromatic N) is 1. The standard InChI is InChI=1S/C28H32N2O3/c1-21(2)19-29-28(32)27(24-12-8-5-9-13-24)30(20-23-14-16-25(33-3)17-15-23)26(31)18-22-10-6-4-7-11-22/h4-17,21,27H,18-20H2,1-3H3,(H,29,32). The van der Waals surface area contributed by atoms with Gasteiger partial charge in [0.25, 0.3) is 0 Å². The van der Waals surface area contributed by atoms with Crippen molar-refractivity contribution in [3.63, 3.8) is 0 Å². The molecule has 5 nitrogen and oxygen atoms in total. The minimum atomic E-state index is -0.733. The fourth-order valence-corrected chi connectivity index (χ4v) is 3.63. The highest BCUT2D eigenvalue weighted by atomic mass is 16.5. The molecular formula is C28H32N2O3. The van der Waals surface area contributed by atoms with Gasteiger partial charge in [0.05, 0.1) is 13.5 Å². The molecule has 2 amide bonds. The lowest BCUT2D eigenvalue weighted by atomic mass is 10.0. The molecular weight excluding hydrogens is 412 g/mol. The van der Waals surface area contributed by atoms with E-state index >= 15 is 0 Å². The van der Waals surface area contributed by atoms with E-state index in [0.29, 0.717) is 19.0 Å². The summed E-state index contributed by atoms with van der Waals surface area (Å²) in [5, 5.41) is 3.03. The van der Waals surface area contributed by atoms with E-state index in [4.69, 9.17) is 4.74 Å². The van der Waals surface area contributed by atoms with Crippen molar-refractivity contribution in [2.45, 2.75) is 32.9 Å². The van der Waals surface area contributed by atoms with Crippen molar-refractivity contribution in [1.82, 2.24) is 10.2 Å². The third kappa shape index (κ3) is 6.94. The first kappa shape index (κ1) is 24.1. The molecule has 0 fully saturated rings. The van der Waals surface area contributed by atoms with Gasteiger partial charge in [-0.3, -0.25) is 9.59 Å². The van der Waals surface area contributed by atoms with Crippen molar-refractivity contribution < 1.29 is 14.3 Å². The van der Waals surface area contributed by atoms with Crippen LogP contribution in [0.2, 0.25) is 0 Å². The van der Waals surface area contributed by atoms with E-state index in [1.807, 2.05) is 98.8 Å². The van der Waals surface area contributed by atoms with Gasteiger partial charge in [0.15, 0.2) is 0 Å². The summed E-state index contributed by atoms with van der Waals surface area (Å²) >= 11 is 0. The molecule has 0 radical (unpaired) electrons. The molecule has 1 N–H and O–H groups in total. The highest BCUT2D eigenvalue weighted by Crippen LogP contribution is 2.25. The molecule has 3 rings (SSSR count). The summed E-state index contributed by atoms with van der Waals surface area (Å²) < 4.78 is 5.27. The second kappa shape index (κ2) is 11.9. The van der Waals surface area contributed by atoms with E-state index in [0.717, 1.165) is 22.4 Å². The van der Waals surface area contributed by atoms with Crippen molar-refractivity contribution in [2.24, 2.45) is 5.92 Å². The zero-order valence-corrected chi connectivity index (χ0v) is 19.5. The van der Waals surface area contributed by atoms with Gasteiger partial charge < -0.3 is 15.0 Å². The molecule has 0 saturated carbocycles. The number of ether oxygens (including phenoxy) is 1. The molecule has 1 atom stereocenters. The average Bonchev–Trinajstić information content (AvgIpc) is 2.84. The molecule has 33 heavy (non-hydrogen) atoms. The van der Waals surface area contributed by atoms with Crippen molar-refractivity contribution in [2.75, 3.05) is 13.7 Å². The van der Waals surface area contributed by atoms with Crippen molar-refractivity contribution in [1.29, 1.82) is 0 Å². The number of nitrogens with one attached hydrogen (secondary N) is 1. The van der Waals surface area contributed by atoms with E-state index in [1.54, 1.807) is 12.0 Å². The maximum Gasteiger partial charge on any atom is 0.247 e. The minimum Gasteiger partial charge on any atom is -0.497 e.